The third kappa shape index (κ3) is 2.77. The first-order valence-corrected chi connectivity index (χ1v) is 8.98. The zero-order valence-corrected chi connectivity index (χ0v) is 13.8. The normalized spacial score (nSPS) is 22.8. The van der Waals surface area contributed by atoms with E-state index in [1.165, 1.54) is 29.3 Å². The Labute approximate surface area is 134 Å². The molecule has 4 rings (SSSR count). The average molecular weight is 318 g/mol. The molecular weight excluding hydrogens is 296 g/mol. The molecule has 118 valence electrons. The van der Waals surface area contributed by atoms with E-state index < -0.39 is 0 Å². The van der Waals surface area contributed by atoms with Crippen molar-refractivity contribution in [1.82, 2.24) is 15.0 Å². The maximum atomic E-state index is 5.49. The number of anilines is 1. The highest BCUT2D eigenvalue weighted by atomic mass is 32.1. The predicted octanol–water partition coefficient (Wildman–Crippen LogP) is 3.38. The molecule has 0 aromatic carbocycles. The summed E-state index contributed by atoms with van der Waals surface area (Å²) in [5, 5.41) is 5.23. The molecule has 0 aliphatic carbocycles. The molecule has 2 aliphatic rings. The maximum Gasteiger partial charge on any atom is 0.185 e. The number of thiazole rings is 1. The molecule has 2 aromatic heterocycles. The summed E-state index contributed by atoms with van der Waals surface area (Å²) in [5.74, 6) is 1.01. The van der Waals surface area contributed by atoms with Gasteiger partial charge in [0.05, 0.1) is 11.7 Å². The molecule has 22 heavy (non-hydrogen) atoms. The van der Waals surface area contributed by atoms with Crippen molar-refractivity contribution in [3.63, 3.8) is 0 Å². The molecule has 1 unspecified atom stereocenters. The van der Waals surface area contributed by atoms with Crippen LogP contribution in [0.15, 0.2) is 16.8 Å². The van der Waals surface area contributed by atoms with E-state index in [0.29, 0.717) is 6.04 Å². The van der Waals surface area contributed by atoms with E-state index in [1.807, 2.05) is 18.3 Å². The van der Waals surface area contributed by atoms with E-state index in [1.54, 1.807) is 0 Å². The van der Waals surface area contributed by atoms with E-state index in [9.17, 15) is 0 Å². The number of rotatable bonds is 4. The Morgan fingerprint density at radius 2 is 2.14 bits per heavy atom. The molecule has 0 N–H and O–H groups in total. The lowest BCUT2D eigenvalue weighted by atomic mass is 10.1. The molecule has 2 aliphatic heterocycles. The fraction of sp³-hybridized carbons (Fsp3) is 0.625. The second-order valence-electron chi connectivity index (χ2n) is 6.30. The summed E-state index contributed by atoms with van der Waals surface area (Å²) >= 11 is 1.85. The summed E-state index contributed by atoms with van der Waals surface area (Å²) in [6.07, 6.45) is 7.04. The zero-order chi connectivity index (χ0) is 14.9. The molecule has 0 bridgehead atoms. The lowest BCUT2D eigenvalue weighted by Gasteiger charge is -2.21. The number of likely N-dealkylation sites (tertiary alicyclic amines) is 1. The lowest BCUT2D eigenvalue weighted by molar-refractivity contribution is 0.208. The first-order valence-electron chi connectivity index (χ1n) is 8.16. The Kier molecular flexibility index (Phi) is 3.88. The fourth-order valence-corrected chi connectivity index (χ4v) is 4.49. The Morgan fingerprint density at radius 1 is 1.27 bits per heavy atom. The van der Waals surface area contributed by atoms with Gasteiger partial charge in [-0.1, -0.05) is 5.16 Å². The Morgan fingerprint density at radius 3 is 2.91 bits per heavy atom. The van der Waals surface area contributed by atoms with Gasteiger partial charge in [-0.05, 0) is 39.2 Å². The molecule has 5 nitrogen and oxygen atoms in total. The van der Waals surface area contributed by atoms with Crippen LogP contribution in [-0.4, -0.2) is 34.7 Å². The van der Waals surface area contributed by atoms with Crippen molar-refractivity contribution in [3.8, 4) is 0 Å². The highest BCUT2D eigenvalue weighted by molar-refractivity contribution is 7.15. The second kappa shape index (κ2) is 6.01. The van der Waals surface area contributed by atoms with Crippen LogP contribution >= 0.6 is 11.3 Å². The minimum atomic E-state index is 0.374. The topological polar surface area (TPSA) is 45.4 Å². The van der Waals surface area contributed by atoms with Crippen LogP contribution in [0.1, 0.15) is 48.1 Å². The van der Waals surface area contributed by atoms with Crippen LogP contribution in [0.5, 0.6) is 0 Å². The predicted molar refractivity (Wildman–Crippen MR) is 87.2 cm³/mol. The molecule has 2 fully saturated rings. The summed E-state index contributed by atoms with van der Waals surface area (Å²) in [6, 6.07) is 2.45. The largest absolute Gasteiger partial charge is 0.359 e. The molecule has 4 heterocycles. The van der Waals surface area contributed by atoms with Gasteiger partial charge in [-0.15, -0.1) is 11.3 Å². The SMILES string of the molecule is Cc1cc(C2CCCN2Cc2cnc(N3CCCC3)s2)on1. The van der Waals surface area contributed by atoms with E-state index in [2.05, 4.69) is 32.2 Å². The Balaban J connectivity index is 1.45. The first kappa shape index (κ1) is 14.2. The standard InChI is InChI=1S/C16H22N4OS/c1-12-9-15(21-18-12)14-5-4-8-20(14)11-13-10-17-16(22-13)19-6-2-3-7-19/h9-10,14H,2-8,11H2,1H3. The first-order chi connectivity index (χ1) is 10.8. The number of nitrogens with zero attached hydrogens (tertiary/aromatic N) is 4. The van der Waals surface area contributed by atoms with E-state index in [-0.39, 0.29) is 0 Å². The monoisotopic (exact) mass is 318 g/mol. The van der Waals surface area contributed by atoms with Crippen LogP contribution in [0, 0.1) is 6.92 Å². The molecule has 0 spiro atoms. The van der Waals surface area contributed by atoms with Crippen molar-refractivity contribution in [3.05, 3.63) is 28.6 Å². The smallest absolute Gasteiger partial charge is 0.185 e. The van der Waals surface area contributed by atoms with Crippen molar-refractivity contribution in [2.45, 2.75) is 45.2 Å². The van der Waals surface area contributed by atoms with Crippen molar-refractivity contribution >= 4 is 16.5 Å². The van der Waals surface area contributed by atoms with Crippen LogP contribution in [0.4, 0.5) is 5.13 Å². The van der Waals surface area contributed by atoms with E-state index in [4.69, 9.17) is 4.52 Å². The molecule has 1 atom stereocenters. The highest BCUT2D eigenvalue weighted by Gasteiger charge is 2.29. The molecular formula is C16H22N4OS. The van der Waals surface area contributed by atoms with E-state index in [0.717, 1.165) is 44.1 Å². The molecule has 6 heteroatoms. The van der Waals surface area contributed by atoms with Gasteiger partial charge in [-0.2, -0.15) is 0 Å². The minimum absolute atomic E-state index is 0.374. The van der Waals surface area contributed by atoms with Gasteiger partial charge in [0.1, 0.15) is 0 Å². The van der Waals surface area contributed by atoms with Crippen molar-refractivity contribution < 1.29 is 4.52 Å². The van der Waals surface area contributed by atoms with Gasteiger partial charge in [0.15, 0.2) is 10.9 Å². The van der Waals surface area contributed by atoms with Crippen molar-refractivity contribution in [1.29, 1.82) is 0 Å². The quantitative estimate of drug-likeness (QED) is 0.865. The van der Waals surface area contributed by atoms with Crippen LogP contribution < -0.4 is 4.90 Å². The van der Waals surface area contributed by atoms with Gasteiger partial charge in [0.25, 0.3) is 0 Å². The van der Waals surface area contributed by atoms with Crippen LogP contribution in [0.2, 0.25) is 0 Å². The second-order valence-corrected chi connectivity index (χ2v) is 7.40. The summed E-state index contributed by atoms with van der Waals surface area (Å²) in [5.41, 5.74) is 0.968. The maximum absolute atomic E-state index is 5.49. The van der Waals surface area contributed by atoms with Gasteiger partial charge in [-0.25, -0.2) is 4.98 Å². The van der Waals surface area contributed by atoms with Crippen LogP contribution in [0.25, 0.3) is 0 Å². The fourth-order valence-electron chi connectivity index (χ4n) is 3.50. The van der Waals surface area contributed by atoms with Gasteiger partial charge in [-0.3, -0.25) is 4.90 Å². The summed E-state index contributed by atoms with van der Waals surface area (Å²) in [4.78, 5) is 10.9. The van der Waals surface area contributed by atoms with E-state index >= 15 is 0 Å². The highest BCUT2D eigenvalue weighted by Crippen LogP contribution is 2.35. The van der Waals surface area contributed by atoms with Crippen LogP contribution in [0.3, 0.4) is 0 Å². The average Bonchev–Trinajstić information content (AvgIpc) is 3.26. The third-order valence-electron chi connectivity index (χ3n) is 4.62. The van der Waals surface area contributed by atoms with Gasteiger partial charge in [0.2, 0.25) is 0 Å². The zero-order valence-electron chi connectivity index (χ0n) is 13.0. The number of aromatic nitrogens is 2. The Hall–Kier alpha value is -1.40. The van der Waals surface area contributed by atoms with Gasteiger partial charge in [0, 0.05) is 36.8 Å². The number of hydrogen-bond donors (Lipinski definition) is 0. The van der Waals surface area contributed by atoms with Crippen LogP contribution in [-0.2, 0) is 6.54 Å². The number of hydrogen-bond acceptors (Lipinski definition) is 6. The molecule has 0 radical (unpaired) electrons. The molecule has 0 saturated carbocycles. The van der Waals surface area contributed by atoms with Crippen molar-refractivity contribution in [2.24, 2.45) is 0 Å². The molecule has 2 saturated heterocycles. The van der Waals surface area contributed by atoms with Gasteiger partial charge >= 0.3 is 0 Å². The Bertz CT molecular complexity index is 632. The molecule has 0 amide bonds. The lowest BCUT2D eigenvalue weighted by Crippen LogP contribution is -2.22. The van der Waals surface area contributed by atoms with Gasteiger partial charge < -0.3 is 9.42 Å². The van der Waals surface area contributed by atoms with Crippen molar-refractivity contribution in [2.75, 3.05) is 24.5 Å². The summed E-state index contributed by atoms with van der Waals surface area (Å²) in [6.45, 7) is 6.41. The third-order valence-corrected chi connectivity index (χ3v) is 5.66. The minimum Gasteiger partial charge on any atom is -0.359 e. The summed E-state index contributed by atoms with van der Waals surface area (Å²) in [7, 11) is 0. The summed E-state index contributed by atoms with van der Waals surface area (Å²) < 4.78 is 5.49. The molecule has 2 aromatic rings. The number of aryl methyl sites for hydroxylation is 1.